The van der Waals surface area contributed by atoms with E-state index in [9.17, 15) is 41.9 Å². The van der Waals surface area contributed by atoms with E-state index in [1.807, 2.05) is 0 Å². The lowest BCUT2D eigenvalue weighted by atomic mass is 9.97. The molecule has 0 saturated carbocycles. The number of carbonyl (C=O) groups is 6. The number of hydrogen-bond acceptors (Lipinski definition) is 8. The van der Waals surface area contributed by atoms with Crippen molar-refractivity contribution in [3.05, 3.63) is 94.5 Å². The van der Waals surface area contributed by atoms with Gasteiger partial charge >= 0.3 is 12.1 Å². The smallest absolute Gasteiger partial charge is 0.452 e. The molecule has 0 spiro atoms. The Balaban J connectivity index is 1.88. The van der Waals surface area contributed by atoms with Gasteiger partial charge in [0, 0.05) is 17.0 Å². The first-order valence-electron chi connectivity index (χ1n) is 15.6. The van der Waals surface area contributed by atoms with E-state index >= 15 is 0 Å². The molecule has 52 heavy (non-hydrogen) atoms. The molecular weight excluding hydrogens is 713 g/mol. The van der Waals surface area contributed by atoms with Crippen molar-refractivity contribution in [2.75, 3.05) is 20.3 Å². The molecule has 3 atom stereocenters. The van der Waals surface area contributed by atoms with E-state index in [-0.39, 0.29) is 23.3 Å². The Morgan fingerprint density at radius 2 is 1.48 bits per heavy atom. The molecule has 0 aliphatic rings. The number of ketones is 1. The molecule has 0 aromatic heterocycles. The maximum atomic E-state index is 13.9. The lowest BCUT2D eigenvalue weighted by molar-refractivity contribution is -0.175. The number of carboxylic acid groups (broad SMARTS) is 1. The molecule has 3 aromatic rings. The zero-order valence-corrected chi connectivity index (χ0v) is 28.8. The highest BCUT2D eigenvalue weighted by Gasteiger charge is 2.45. The Morgan fingerprint density at radius 1 is 0.846 bits per heavy atom. The van der Waals surface area contributed by atoms with Crippen LogP contribution >= 0.6 is 11.6 Å². The number of amides is 4. The molecule has 0 saturated heterocycles. The van der Waals surface area contributed by atoms with Crippen LogP contribution in [-0.2, 0) is 30.4 Å². The molecule has 0 aliphatic carbocycles. The first-order chi connectivity index (χ1) is 24.5. The molecular formula is C35H36ClF3N4O9. The fourth-order valence-electron chi connectivity index (χ4n) is 4.71. The molecule has 0 radical (unpaired) electrons. The maximum Gasteiger partial charge on any atom is 0.452 e. The van der Waals surface area contributed by atoms with Gasteiger partial charge in [-0.05, 0) is 65.6 Å². The number of halogens is 4. The number of ether oxygens (including phenoxy) is 2. The third-order valence-corrected chi connectivity index (χ3v) is 7.63. The molecule has 3 rings (SSSR count). The van der Waals surface area contributed by atoms with Crippen molar-refractivity contribution >= 4 is 47.0 Å². The number of benzene rings is 3. The largest absolute Gasteiger partial charge is 0.497 e. The Labute approximate surface area is 301 Å². The maximum absolute atomic E-state index is 13.9. The van der Waals surface area contributed by atoms with Gasteiger partial charge in [-0.1, -0.05) is 49.7 Å². The highest BCUT2D eigenvalue weighted by molar-refractivity contribution is 6.30. The van der Waals surface area contributed by atoms with Crippen molar-refractivity contribution in [2.24, 2.45) is 5.92 Å². The monoisotopic (exact) mass is 748 g/mol. The van der Waals surface area contributed by atoms with Crippen LogP contribution < -0.4 is 30.7 Å². The summed E-state index contributed by atoms with van der Waals surface area (Å²) in [4.78, 5) is 75.4. The predicted octanol–water partition coefficient (Wildman–Crippen LogP) is 3.40. The SMILES string of the molecule is COc1ccc(C(NC(=O)C(Cc2cccc(Cl)c2)NC(=O)c2ccc(OCC(=O)NCC(=O)O)cc2)C(=O)NC(C(=O)C(F)(F)F)C(C)C)cc1. The minimum Gasteiger partial charge on any atom is -0.497 e. The van der Waals surface area contributed by atoms with Gasteiger partial charge in [-0.3, -0.25) is 28.8 Å². The Morgan fingerprint density at radius 3 is 2.04 bits per heavy atom. The van der Waals surface area contributed by atoms with Crippen molar-refractivity contribution in [2.45, 2.75) is 44.6 Å². The fourth-order valence-corrected chi connectivity index (χ4v) is 4.93. The van der Waals surface area contributed by atoms with Crippen molar-refractivity contribution in [1.82, 2.24) is 21.3 Å². The number of carbonyl (C=O) groups excluding carboxylic acids is 5. The van der Waals surface area contributed by atoms with Gasteiger partial charge in [-0.25, -0.2) is 0 Å². The van der Waals surface area contributed by atoms with Crippen LogP contribution in [0.5, 0.6) is 11.5 Å². The van der Waals surface area contributed by atoms with Crippen molar-refractivity contribution in [3.63, 3.8) is 0 Å². The minimum absolute atomic E-state index is 0.0569. The zero-order valence-electron chi connectivity index (χ0n) is 28.1. The molecule has 3 aromatic carbocycles. The Hall–Kier alpha value is -5.64. The Kier molecular flexibility index (Phi) is 14.6. The average molecular weight is 749 g/mol. The van der Waals surface area contributed by atoms with Crippen LogP contribution in [-0.4, -0.2) is 79.0 Å². The van der Waals surface area contributed by atoms with Gasteiger partial charge in [0.1, 0.15) is 30.1 Å². The van der Waals surface area contributed by atoms with E-state index in [4.69, 9.17) is 26.2 Å². The van der Waals surface area contributed by atoms with Crippen molar-refractivity contribution in [3.8, 4) is 11.5 Å². The summed E-state index contributed by atoms with van der Waals surface area (Å²) in [5, 5.41) is 18.4. The van der Waals surface area contributed by atoms with Crippen molar-refractivity contribution < 1.29 is 56.5 Å². The summed E-state index contributed by atoms with van der Waals surface area (Å²) in [7, 11) is 1.39. The highest BCUT2D eigenvalue weighted by atomic mass is 35.5. The zero-order chi connectivity index (χ0) is 38.6. The standard InChI is InChI=1S/C35H36ClF3N4O9/c1-19(2)29(31(47)35(37,38)39)42-34(50)30(21-7-11-24(51-3)12-8-21)43-33(49)26(16-20-5-4-6-23(36)15-20)41-32(48)22-9-13-25(14-10-22)52-18-27(44)40-17-28(45)46/h4-15,19,26,29-30H,16-18H2,1-3H3,(H,40,44)(H,41,48)(H,42,50)(H,43,49)(H,45,46). The van der Waals surface area contributed by atoms with Gasteiger partial charge in [0.05, 0.1) is 13.2 Å². The summed E-state index contributed by atoms with van der Waals surface area (Å²) in [6.45, 7) is 1.56. The molecule has 0 aliphatic heterocycles. The number of hydrogen-bond donors (Lipinski definition) is 5. The average Bonchev–Trinajstić information content (AvgIpc) is 3.10. The summed E-state index contributed by atoms with van der Waals surface area (Å²) in [5.74, 6) is -7.26. The number of aliphatic carboxylic acids is 1. The number of methoxy groups -OCH3 is 1. The summed E-state index contributed by atoms with van der Waals surface area (Å²) in [5.41, 5.74) is 0.703. The van der Waals surface area contributed by atoms with E-state index < -0.39 is 78.8 Å². The molecule has 17 heteroatoms. The molecule has 278 valence electrons. The van der Waals surface area contributed by atoms with Crippen LogP contribution in [0.1, 0.15) is 41.4 Å². The van der Waals surface area contributed by atoms with E-state index in [2.05, 4.69) is 21.3 Å². The summed E-state index contributed by atoms with van der Waals surface area (Å²) >= 11 is 6.14. The number of nitrogens with one attached hydrogen (secondary N) is 4. The second kappa shape index (κ2) is 18.6. The van der Waals surface area contributed by atoms with Crippen LogP contribution in [0.2, 0.25) is 5.02 Å². The van der Waals surface area contributed by atoms with Gasteiger partial charge in [0.25, 0.3) is 17.6 Å². The normalized spacial score (nSPS) is 12.8. The molecule has 3 unspecified atom stereocenters. The van der Waals surface area contributed by atoms with Crippen LogP contribution in [0.15, 0.2) is 72.8 Å². The van der Waals surface area contributed by atoms with Crippen LogP contribution in [0.25, 0.3) is 0 Å². The van der Waals surface area contributed by atoms with E-state index in [1.54, 1.807) is 24.3 Å². The molecule has 4 amide bonds. The topological polar surface area (TPSA) is 189 Å². The lowest BCUT2D eigenvalue weighted by Crippen LogP contribution is -2.55. The van der Waals surface area contributed by atoms with Gasteiger partial charge in [-0.2, -0.15) is 13.2 Å². The first-order valence-corrected chi connectivity index (χ1v) is 16.0. The molecule has 5 N–H and O–H groups in total. The van der Waals surface area contributed by atoms with Crippen LogP contribution in [0, 0.1) is 5.92 Å². The first kappa shape index (κ1) is 40.8. The van der Waals surface area contributed by atoms with E-state index in [0.717, 1.165) is 0 Å². The molecule has 13 nitrogen and oxygen atoms in total. The van der Waals surface area contributed by atoms with Gasteiger partial charge in [-0.15, -0.1) is 0 Å². The third kappa shape index (κ3) is 12.3. The fraction of sp³-hybridized carbons (Fsp3) is 0.314. The second-order valence-electron chi connectivity index (χ2n) is 11.7. The van der Waals surface area contributed by atoms with Gasteiger partial charge in [0.2, 0.25) is 11.8 Å². The van der Waals surface area contributed by atoms with Gasteiger partial charge in [0.15, 0.2) is 6.61 Å². The van der Waals surface area contributed by atoms with Crippen LogP contribution in [0.4, 0.5) is 13.2 Å². The van der Waals surface area contributed by atoms with Gasteiger partial charge < -0.3 is 35.8 Å². The third-order valence-electron chi connectivity index (χ3n) is 7.40. The van der Waals surface area contributed by atoms with Crippen LogP contribution in [0.3, 0.4) is 0 Å². The summed E-state index contributed by atoms with van der Waals surface area (Å²) in [6, 6.07) is 12.6. The number of alkyl halides is 3. The number of rotatable bonds is 17. The Bertz CT molecular complexity index is 1750. The van der Waals surface area contributed by atoms with E-state index in [0.29, 0.717) is 16.3 Å². The molecule has 0 fully saturated rings. The molecule has 0 bridgehead atoms. The lowest BCUT2D eigenvalue weighted by Gasteiger charge is -2.27. The second-order valence-corrected chi connectivity index (χ2v) is 12.1. The van der Waals surface area contributed by atoms with E-state index in [1.165, 1.54) is 69.5 Å². The minimum atomic E-state index is -5.24. The number of Topliss-reactive ketones (excluding diaryl/α,β-unsaturated/α-hetero) is 1. The quantitative estimate of drug-likeness (QED) is 0.138. The summed E-state index contributed by atoms with van der Waals surface area (Å²) in [6.07, 6.45) is -5.38. The molecule has 0 heterocycles. The summed E-state index contributed by atoms with van der Waals surface area (Å²) < 4.78 is 50.6. The predicted molar refractivity (Wildman–Crippen MR) is 181 cm³/mol. The number of carboxylic acids is 1. The highest BCUT2D eigenvalue weighted by Crippen LogP contribution is 2.24. The van der Waals surface area contributed by atoms with Crippen molar-refractivity contribution in [1.29, 1.82) is 0 Å².